The Bertz CT molecular complexity index is 877. The van der Waals surface area contributed by atoms with Crippen molar-refractivity contribution in [1.29, 1.82) is 0 Å². The third kappa shape index (κ3) is 6.46. The van der Waals surface area contributed by atoms with Crippen molar-refractivity contribution >= 4 is 29.0 Å². The van der Waals surface area contributed by atoms with Gasteiger partial charge in [-0.1, -0.05) is 19.1 Å². The number of urea groups is 1. The van der Waals surface area contributed by atoms with Crippen LogP contribution in [0.3, 0.4) is 0 Å². The van der Waals surface area contributed by atoms with Gasteiger partial charge in [0.25, 0.3) is 5.91 Å². The number of nitrogens with zero attached hydrogens (tertiary/aromatic N) is 1. The minimum absolute atomic E-state index is 0.141. The van der Waals surface area contributed by atoms with Crippen molar-refractivity contribution < 1.29 is 14.3 Å². The number of aryl methyl sites for hydroxylation is 1. The molecule has 2 aromatic carbocycles. The van der Waals surface area contributed by atoms with E-state index in [2.05, 4.69) is 27.8 Å². The predicted octanol–water partition coefficient (Wildman–Crippen LogP) is 4.26. The van der Waals surface area contributed by atoms with Crippen LogP contribution in [-0.4, -0.2) is 45.3 Å². The molecule has 0 saturated carbocycles. The highest BCUT2D eigenvalue weighted by molar-refractivity contribution is 6.04. The zero-order chi connectivity index (χ0) is 22.1. The first-order chi connectivity index (χ1) is 15.1. The second-order valence-corrected chi connectivity index (χ2v) is 7.66. The SMILES string of the molecule is CCc1ccc(NC(=O)Nc2ccc(N3CCCC3)c(C(=O)NCCCOC)c2)cc1. The van der Waals surface area contributed by atoms with E-state index in [9.17, 15) is 9.59 Å². The van der Waals surface area contributed by atoms with Gasteiger partial charge in [-0.2, -0.15) is 0 Å². The van der Waals surface area contributed by atoms with Crippen molar-refractivity contribution in [3.8, 4) is 0 Å². The molecule has 31 heavy (non-hydrogen) atoms. The zero-order valence-corrected chi connectivity index (χ0v) is 18.4. The molecular weight excluding hydrogens is 392 g/mol. The fourth-order valence-electron chi connectivity index (χ4n) is 3.66. The van der Waals surface area contributed by atoms with Crippen LogP contribution in [0.5, 0.6) is 0 Å². The normalized spacial score (nSPS) is 13.2. The van der Waals surface area contributed by atoms with Crippen LogP contribution in [0.15, 0.2) is 42.5 Å². The summed E-state index contributed by atoms with van der Waals surface area (Å²) in [5, 5.41) is 8.63. The van der Waals surface area contributed by atoms with E-state index in [0.29, 0.717) is 24.4 Å². The number of hydrogen-bond donors (Lipinski definition) is 3. The average molecular weight is 425 g/mol. The maximum atomic E-state index is 12.9. The molecule has 3 N–H and O–H groups in total. The quantitative estimate of drug-likeness (QED) is 0.525. The molecule has 1 aliphatic heterocycles. The van der Waals surface area contributed by atoms with E-state index in [1.165, 1.54) is 5.56 Å². The molecule has 0 aromatic heterocycles. The molecule has 0 bridgehead atoms. The van der Waals surface area contributed by atoms with Crippen molar-refractivity contribution in [3.63, 3.8) is 0 Å². The Morgan fingerprint density at radius 3 is 2.35 bits per heavy atom. The first-order valence-electron chi connectivity index (χ1n) is 10.9. The molecule has 2 aromatic rings. The van der Waals surface area contributed by atoms with Gasteiger partial charge in [0.1, 0.15) is 0 Å². The lowest BCUT2D eigenvalue weighted by atomic mass is 10.1. The van der Waals surface area contributed by atoms with E-state index in [1.54, 1.807) is 13.2 Å². The van der Waals surface area contributed by atoms with Crippen LogP contribution >= 0.6 is 0 Å². The Balaban J connectivity index is 1.70. The van der Waals surface area contributed by atoms with Crippen molar-refractivity contribution in [2.75, 3.05) is 48.9 Å². The summed E-state index contributed by atoms with van der Waals surface area (Å²) in [5.74, 6) is -0.141. The zero-order valence-electron chi connectivity index (χ0n) is 18.4. The van der Waals surface area contributed by atoms with Crippen molar-refractivity contribution in [2.45, 2.75) is 32.6 Å². The van der Waals surface area contributed by atoms with Gasteiger partial charge >= 0.3 is 6.03 Å². The van der Waals surface area contributed by atoms with E-state index in [-0.39, 0.29) is 11.9 Å². The van der Waals surface area contributed by atoms with Crippen LogP contribution in [0, 0.1) is 0 Å². The van der Waals surface area contributed by atoms with E-state index < -0.39 is 0 Å². The highest BCUT2D eigenvalue weighted by atomic mass is 16.5. The molecule has 0 aliphatic carbocycles. The Kier molecular flexibility index (Phi) is 8.29. The first-order valence-corrected chi connectivity index (χ1v) is 10.9. The second kappa shape index (κ2) is 11.4. The van der Waals surface area contributed by atoms with E-state index >= 15 is 0 Å². The summed E-state index contributed by atoms with van der Waals surface area (Å²) in [4.78, 5) is 27.5. The van der Waals surface area contributed by atoms with Crippen LogP contribution in [0.2, 0.25) is 0 Å². The number of methoxy groups -OCH3 is 1. The summed E-state index contributed by atoms with van der Waals surface area (Å²) in [5.41, 5.74) is 3.99. The van der Waals surface area contributed by atoms with Crippen LogP contribution in [0.1, 0.15) is 42.1 Å². The lowest BCUT2D eigenvalue weighted by Gasteiger charge is -2.22. The van der Waals surface area contributed by atoms with Gasteiger partial charge in [0.15, 0.2) is 0 Å². The topological polar surface area (TPSA) is 82.7 Å². The Morgan fingerprint density at radius 1 is 1.00 bits per heavy atom. The molecule has 0 unspecified atom stereocenters. The lowest BCUT2D eigenvalue weighted by Crippen LogP contribution is -2.29. The summed E-state index contributed by atoms with van der Waals surface area (Å²) in [6.07, 6.45) is 3.94. The van der Waals surface area contributed by atoms with Crippen molar-refractivity contribution in [3.05, 3.63) is 53.6 Å². The average Bonchev–Trinajstić information content (AvgIpc) is 3.32. The van der Waals surface area contributed by atoms with E-state index in [4.69, 9.17) is 4.74 Å². The van der Waals surface area contributed by atoms with Gasteiger partial charge in [0.2, 0.25) is 0 Å². The highest BCUT2D eigenvalue weighted by Crippen LogP contribution is 2.27. The molecular formula is C24H32N4O3. The van der Waals surface area contributed by atoms with Gasteiger partial charge in [-0.25, -0.2) is 4.79 Å². The number of anilines is 3. The van der Waals surface area contributed by atoms with Gasteiger partial charge in [0.05, 0.1) is 5.56 Å². The van der Waals surface area contributed by atoms with Gasteiger partial charge in [0, 0.05) is 50.4 Å². The molecule has 1 fully saturated rings. The van der Waals surface area contributed by atoms with Crippen LogP contribution in [0.25, 0.3) is 0 Å². The minimum Gasteiger partial charge on any atom is -0.385 e. The molecule has 3 amide bonds. The Labute approximate surface area is 184 Å². The largest absolute Gasteiger partial charge is 0.385 e. The van der Waals surface area contributed by atoms with E-state index in [1.807, 2.05) is 36.4 Å². The smallest absolute Gasteiger partial charge is 0.323 e. The lowest BCUT2D eigenvalue weighted by molar-refractivity contribution is 0.0949. The Hall–Kier alpha value is -3.06. The van der Waals surface area contributed by atoms with Crippen LogP contribution < -0.4 is 20.9 Å². The predicted molar refractivity (Wildman–Crippen MR) is 125 cm³/mol. The summed E-state index contributed by atoms with van der Waals surface area (Å²) >= 11 is 0. The molecule has 1 heterocycles. The fourth-order valence-corrected chi connectivity index (χ4v) is 3.66. The molecule has 7 nitrogen and oxygen atoms in total. The third-order valence-corrected chi connectivity index (χ3v) is 5.38. The summed E-state index contributed by atoms with van der Waals surface area (Å²) < 4.78 is 5.04. The molecule has 1 saturated heterocycles. The summed E-state index contributed by atoms with van der Waals surface area (Å²) in [6, 6.07) is 12.9. The minimum atomic E-state index is -0.343. The number of carbonyl (C=O) groups excluding carboxylic acids is 2. The van der Waals surface area contributed by atoms with Crippen LogP contribution in [-0.2, 0) is 11.2 Å². The second-order valence-electron chi connectivity index (χ2n) is 7.66. The number of rotatable bonds is 9. The number of nitrogens with one attached hydrogen (secondary N) is 3. The van der Waals surface area contributed by atoms with Gasteiger partial charge in [-0.3, -0.25) is 4.79 Å². The van der Waals surface area contributed by atoms with Crippen molar-refractivity contribution in [1.82, 2.24) is 5.32 Å². The Morgan fingerprint density at radius 2 is 1.68 bits per heavy atom. The fraction of sp³-hybridized carbons (Fsp3) is 0.417. The number of carbonyl (C=O) groups is 2. The number of benzene rings is 2. The van der Waals surface area contributed by atoms with Crippen LogP contribution in [0.4, 0.5) is 21.9 Å². The monoisotopic (exact) mass is 424 g/mol. The standard InChI is InChI=1S/C24H32N4O3/c1-3-18-7-9-19(10-8-18)26-24(30)27-20-11-12-22(28-14-4-5-15-28)21(17-20)23(29)25-13-6-16-31-2/h7-12,17H,3-6,13-16H2,1-2H3,(H,25,29)(H2,26,27,30). The molecule has 1 aliphatic rings. The van der Waals surface area contributed by atoms with Gasteiger partial charge in [-0.05, 0) is 61.6 Å². The van der Waals surface area contributed by atoms with E-state index in [0.717, 1.165) is 50.1 Å². The molecule has 0 radical (unpaired) electrons. The van der Waals surface area contributed by atoms with Gasteiger partial charge < -0.3 is 25.6 Å². The maximum Gasteiger partial charge on any atom is 0.323 e. The van der Waals surface area contributed by atoms with Crippen molar-refractivity contribution in [2.24, 2.45) is 0 Å². The molecule has 3 rings (SSSR count). The molecule has 166 valence electrons. The van der Waals surface area contributed by atoms with Gasteiger partial charge in [-0.15, -0.1) is 0 Å². The number of ether oxygens (including phenoxy) is 1. The molecule has 0 spiro atoms. The molecule has 0 atom stereocenters. The number of hydrogen-bond acceptors (Lipinski definition) is 4. The number of amides is 3. The summed E-state index contributed by atoms with van der Waals surface area (Å²) in [6.45, 7) is 5.10. The molecule has 7 heteroatoms. The maximum absolute atomic E-state index is 12.9. The summed E-state index contributed by atoms with van der Waals surface area (Å²) in [7, 11) is 1.64. The highest BCUT2D eigenvalue weighted by Gasteiger charge is 2.20. The third-order valence-electron chi connectivity index (χ3n) is 5.38. The first kappa shape index (κ1) is 22.6.